The molecule has 9 nitrogen and oxygen atoms in total. The number of halogens is 4. The van der Waals surface area contributed by atoms with Crippen LogP contribution in [0.1, 0.15) is 28.5 Å². The molecule has 200 valence electrons. The summed E-state index contributed by atoms with van der Waals surface area (Å²) in [5.41, 5.74) is 0. The first kappa shape index (κ1) is 41.8. The minimum Gasteiger partial charge on any atom is -1.00 e. The molecule has 15 heteroatoms. The molecule has 4 rings (SSSR count). The summed E-state index contributed by atoms with van der Waals surface area (Å²) in [7, 11) is -1.00. The minimum atomic E-state index is -1.00. The van der Waals surface area contributed by atoms with E-state index >= 15 is 0 Å². The number of aromatic nitrogens is 2. The summed E-state index contributed by atoms with van der Waals surface area (Å²) < 4.78 is 17.4. The monoisotopic (exact) mass is 911 g/mol. The third-order valence-corrected chi connectivity index (χ3v) is 5.70. The smallest absolute Gasteiger partial charge is 1.00 e. The molecule has 0 unspecified atom stereocenters. The van der Waals surface area contributed by atoms with E-state index in [-0.39, 0.29) is 158 Å². The van der Waals surface area contributed by atoms with Crippen LogP contribution in [0, 0.1) is 0 Å². The van der Waals surface area contributed by atoms with E-state index in [0.717, 1.165) is 66.6 Å². The number of nitrogens with zero attached hydrogens (tertiary/aromatic N) is 3. The summed E-state index contributed by atoms with van der Waals surface area (Å²) >= 11 is 12.1. The Hall–Kier alpha value is 2.69. The fraction of sp³-hybridized carbons (Fsp3) is 0.500. The molecule has 0 aromatic carbocycles. The summed E-state index contributed by atoms with van der Waals surface area (Å²) in [6.07, 6.45) is 6.86. The molecule has 2 aromatic rings. The Morgan fingerprint density at radius 1 is 1.11 bits per heavy atom. The van der Waals surface area contributed by atoms with Crippen LogP contribution >= 0.6 is 43.5 Å². The second-order valence-corrected chi connectivity index (χ2v) is 9.24. The van der Waals surface area contributed by atoms with Crippen LogP contribution in [-0.4, -0.2) is 72.2 Å². The van der Waals surface area contributed by atoms with Crippen molar-refractivity contribution in [1.82, 2.24) is 15.3 Å². The van der Waals surface area contributed by atoms with Crippen molar-refractivity contribution in [3.63, 3.8) is 0 Å². The van der Waals surface area contributed by atoms with E-state index in [2.05, 4.69) is 56.9 Å². The molecule has 2 saturated heterocycles. The van der Waals surface area contributed by atoms with Gasteiger partial charge in [-0.15, -0.1) is 0 Å². The van der Waals surface area contributed by atoms with Crippen molar-refractivity contribution in [2.24, 2.45) is 0 Å². The van der Waals surface area contributed by atoms with Crippen molar-refractivity contribution in [2.45, 2.75) is 37.9 Å². The van der Waals surface area contributed by atoms with Gasteiger partial charge in [0.25, 0.3) is 6.47 Å². The van der Waals surface area contributed by atoms with Crippen LogP contribution in [0.2, 0.25) is 5.15 Å². The number of carbonyl (C=O) groups excluding carboxylic acids is 1. The van der Waals surface area contributed by atoms with Crippen LogP contribution in [0.5, 0.6) is 0 Å². The molecule has 0 bridgehead atoms. The zero-order valence-corrected chi connectivity index (χ0v) is 37.5. The number of rotatable bonds is 2. The summed E-state index contributed by atoms with van der Waals surface area (Å²) in [5, 5.41) is 30.3. The van der Waals surface area contributed by atoms with Gasteiger partial charge in [-0.25, -0.2) is 9.97 Å². The first-order chi connectivity index (χ1) is 17.3. The molecule has 3 N–H and O–H groups in total. The molecule has 4 heterocycles. The van der Waals surface area contributed by atoms with Crippen LogP contribution in [0.15, 0.2) is 45.6 Å². The topological polar surface area (TPSA) is 131 Å². The maximum Gasteiger partial charge on any atom is 1.00 e. The van der Waals surface area contributed by atoms with Gasteiger partial charge < -0.3 is 32.0 Å². The number of carbonyl (C=O) groups is 1. The van der Waals surface area contributed by atoms with Gasteiger partial charge in [-0.05, 0) is 94.9 Å². The number of nitrogens with one attached hydrogen (secondary N) is 1. The van der Waals surface area contributed by atoms with E-state index in [9.17, 15) is 9.50 Å². The normalized spacial score (nSPS) is 14.9. The van der Waals surface area contributed by atoms with Gasteiger partial charge in [0.15, 0.2) is 0 Å². The van der Waals surface area contributed by atoms with Gasteiger partial charge in [0, 0.05) is 34.4 Å². The quantitative estimate of drug-likeness (QED) is 0.127. The van der Waals surface area contributed by atoms with Crippen LogP contribution in [0.3, 0.4) is 0 Å². The molecule has 0 saturated carbocycles. The predicted molar refractivity (Wildman–Crippen MR) is 140 cm³/mol. The van der Waals surface area contributed by atoms with Crippen molar-refractivity contribution in [1.29, 1.82) is 0 Å². The first-order valence-corrected chi connectivity index (χ1v) is 12.5. The van der Waals surface area contributed by atoms with Gasteiger partial charge in [0.05, 0.1) is 20.7 Å². The number of aliphatic hydroxyl groups is 2. The molecule has 0 atom stereocenters. The summed E-state index contributed by atoms with van der Waals surface area (Å²) in [5.74, 6) is 1.00. The molecular weight excluding hydrogens is 880 g/mol. The number of aliphatic hydroxyl groups excluding tert-OH is 2. The number of hydrogen-bond acceptors (Lipinski definition) is 9. The van der Waals surface area contributed by atoms with Crippen molar-refractivity contribution in [3.8, 4) is 0 Å². The molecule has 2 aliphatic rings. The molecule has 2 aromatic heterocycles. The molecule has 0 radical (unpaired) electrons. The SMILES string of the molecule is Clc1ccc(Br)cn1.O=CO[O-].OC1CCN(c2ccc(Br)cn2)CC1.OC1CCNCC1.[2H]CF.[Cs+].[Cs+].[H-]. The van der Waals surface area contributed by atoms with Gasteiger partial charge in [-0.1, -0.05) is 11.6 Å². The van der Waals surface area contributed by atoms with Crippen LogP contribution in [0.25, 0.3) is 0 Å². The molecular formula is C22H32Br2ClCs2FN4O5. The Morgan fingerprint density at radius 2 is 1.57 bits per heavy atom. The number of alkyl halides is 1. The van der Waals surface area contributed by atoms with E-state index in [4.69, 9.17) is 28.1 Å². The van der Waals surface area contributed by atoms with Crippen LogP contribution in [0.4, 0.5) is 10.2 Å². The number of anilines is 1. The molecule has 0 aliphatic carbocycles. The summed E-state index contributed by atoms with van der Waals surface area (Å²) in [6, 6.07) is 7.57. The Labute approximate surface area is 360 Å². The van der Waals surface area contributed by atoms with Crippen molar-refractivity contribution in [2.75, 3.05) is 38.2 Å². The molecule has 0 spiro atoms. The van der Waals surface area contributed by atoms with Gasteiger partial charge >= 0.3 is 138 Å². The largest absolute Gasteiger partial charge is 1.00 e. The molecule has 2 aliphatic heterocycles. The standard InChI is InChI=1S/C10H13BrN2O.C5H3BrClN.C5H11NO.CH3F.CH2O3.2Cs.H/c11-8-1-2-10(12-7-8)13-5-3-9(14)4-6-13;6-4-1-2-5(7)8-3-4;7-5-1-3-6-4-2-5;1-2;2-1-4-3;;;/h1-2,7,9,14H,3-6H2;1-3H;5-7H,1-4H2;1H3;1,3H;;;/q;;;;;2*+1;-1/p-1/i;;;1D;;;;. The van der Waals surface area contributed by atoms with Crippen LogP contribution < -0.4 is 153 Å². The van der Waals surface area contributed by atoms with Gasteiger partial charge in [-0.3, -0.25) is 9.18 Å². The average molecular weight is 914 g/mol. The van der Waals surface area contributed by atoms with E-state index in [1.54, 1.807) is 18.5 Å². The number of pyridine rings is 2. The maximum atomic E-state index is 9.96. The van der Waals surface area contributed by atoms with Crippen molar-refractivity contribution < 1.29 is 170 Å². The van der Waals surface area contributed by atoms with Crippen molar-refractivity contribution in [3.05, 3.63) is 50.8 Å². The van der Waals surface area contributed by atoms with Gasteiger partial charge in [-0.2, -0.15) is 0 Å². The maximum absolute atomic E-state index is 9.96. The zero-order valence-electron chi connectivity index (χ0n) is 23.0. The second-order valence-electron chi connectivity index (χ2n) is 7.03. The minimum absolute atomic E-state index is 0. The fourth-order valence-corrected chi connectivity index (χ4v) is 3.40. The molecule has 37 heavy (non-hydrogen) atoms. The predicted octanol–water partition coefficient (Wildman–Crippen LogP) is -2.83. The number of hydrogen-bond donors (Lipinski definition) is 3. The van der Waals surface area contributed by atoms with E-state index in [1.165, 1.54) is 0 Å². The van der Waals surface area contributed by atoms with E-state index < -0.39 is 7.15 Å². The van der Waals surface area contributed by atoms with Gasteiger partial charge in [0.2, 0.25) is 0 Å². The Morgan fingerprint density at radius 3 is 1.89 bits per heavy atom. The first-order valence-electron chi connectivity index (χ1n) is 11.3. The van der Waals surface area contributed by atoms with Crippen molar-refractivity contribution >= 4 is 55.8 Å². The zero-order chi connectivity index (χ0) is 27.2. The second kappa shape index (κ2) is 30.2. The average Bonchev–Trinajstić information content (AvgIpc) is 2.89. The summed E-state index contributed by atoms with van der Waals surface area (Å²) in [4.78, 5) is 21.6. The van der Waals surface area contributed by atoms with Crippen LogP contribution in [-0.2, 0) is 9.68 Å². The summed E-state index contributed by atoms with van der Waals surface area (Å²) in [6.45, 7) is 3.59. The third-order valence-electron chi connectivity index (χ3n) is 4.54. The molecule has 2 fully saturated rings. The van der Waals surface area contributed by atoms with E-state index in [0.29, 0.717) is 5.15 Å². The Kier molecular flexibility index (Phi) is 34.1. The Bertz CT molecular complexity index is 784. The fourth-order valence-electron chi connectivity index (χ4n) is 2.81. The van der Waals surface area contributed by atoms with Gasteiger partial charge in [0.1, 0.15) is 11.0 Å². The number of piperidine rings is 2. The third kappa shape index (κ3) is 25.0. The Balaban J connectivity index is -0.000000213. The molecule has 0 amide bonds. The van der Waals surface area contributed by atoms with E-state index in [1.807, 2.05) is 18.2 Å².